The number of nitrogens with two attached hydrogens (primary N) is 1. The van der Waals surface area contributed by atoms with Crippen molar-refractivity contribution in [3.63, 3.8) is 0 Å². The van der Waals surface area contributed by atoms with Gasteiger partial charge in [0, 0.05) is 11.8 Å². The minimum Gasteiger partial charge on any atom is -0.375 e. The standard InChI is InChI=1S/C13H8ClFN4S/c14-12-17-6-5-9(18-12)11-10(19-13(16)20-11)7-1-3-8(15)4-2-7/h1-6H,(H2,16,19). The minimum atomic E-state index is -0.302. The van der Waals surface area contributed by atoms with Gasteiger partial charge < -0.3 is 5.73 Å². The number of anilines is 1. The number of halogens is 2. The molecule has 7 heteroatoms. The lowest BCUT2D eigenvalue weighted by molar-refractivity contribution is 0.628. The molecule has 2 N–H and O–H groups in total. The van der Waals surface area contributed by atoms with Crippen molar-refractivity contribution in [2.24, 2.45) is 0 Å². The lowest BCUT2D eigenvalue weighted by atomic mass is 10.1. The van der Waals surface area contributed by atoms with Crippen LogP contribution in [0.2, 0.25) is 5.28 Å². The number of thiazole rings is 1. The smallest absolute Gasteiger partial charge is 0.222 e. The van der Waals surface area contributed by atoms with Gasteiger partial charge >= 0.3 is 0 Å². The highest BCUT2D eigenvalue weighted by Gasteiger charge is 2.15. The normalized spacial score (nSPS) is 10.7. The molecule has 0 radical (unpaired) electrons. The highest BCUT2D eigenvalue weighted by Crippen LogP contribution is 2.37. The number of aromatic nitrogens is 3. The monoisotopic (exact) mass is 306 g/mol. The number of hydrogen-bond acceptors (Lipinski definition) is 5. The van der Waals surface area contributed by atoms with Crippen molar-refractivity contribution in [3.05, 3.63) is 47.6 Å². The number of benzene rings is 1. The predicted molar refractivity (Wildman–Crippen MR) is 78.0 cm³/mol. The summed E-state index contributed by atoms with van der Waals surface area (Å²) in [6.07, 6.45) is 1.56. The number of rotatable bonds is 2. The summed E-state index contributed by atoms with van der Waals surface area (Å²) in [6.45, 7) is 0. The van der Waals surface area contributed by atoms with Crippen molar-refractivity contribution < 1.29 is 4.39 Å². The number of nitrogens with zero attached hydrogens (tertiary/aromatic N) is 3. The Labute approximate surface area is 123 Å². The van der Waals surface area contributed by atoms with E-state index in [1.807, 2.05) is 0 Å². The van der Waals surface area contributed by atoms with Crippen LogP contribution in [0.15, 0.2) is 36.5 Å². The summed E-state index contributed by atoms with van der Waals surface area (Å²) in [6, 6.07) is 7.78. The fourth-order valence-electron chi connectivity index (χ4n) is 1.78. The Morgan fingerprint density at radius 2 is 1.85 bits per heavy atom. The van der Waals surface area contributed by atoms with Gasteiger partial charge in [0.05, 0.1) is 16.3 Å². The molecule has 0 aliphatic carbocycles. The zero-order valence-electron chi connectivity index (χ0n) is 10.0. The van der Waals surface area contributed by atoms with Gasteiger partial charge in [-0.15, -0.1) is 0 Å². The van der Waals surface area contributed by atoms with Crippen LogP contribution < -0.4 is 5.73 Å². The Morgan fingerprint density at radius 3 is 2.55 bits per heavy atom. The summed E-state index contributed by atoms with van der Waals surface area (Å²) in [5.74, 6) is -0.302. The SMILES string of the molecule is Nc1nc(-c2ccc(F)cc2)c(-c2ccnc(Cl)n2)s1. The molecule has 100 valence electrons. The molecule has 0 bridgehead atoms. The first-order valence-electron chi connectivity index (χ1n) is 5.64. The highest BCUT2D eigenvalue weighted by molar-refractivity contribution is 7.19. The van der Waals surface area contributed by atoms with Crippen LogP contribution in [-0.2, 0) is 0 Å². The highest BCUT2D eigenvalue weighted by atomic mass is 35.5. The molecule has 0 spiro atoms. The van der Waals surface area contributed by atoms with E-state index in [2.05, 4.69) is 15.0 Å². The largest absolute Gasteiger partial charge is 0.375 e. The summed E-state index contributed by atoms with van der Waals surface area (Å²) >= 11 is 7.10. The van der Waals surface area contributed by atoms with E-state index < -0.39 is 0 Å². The van der Waals surface area contributed by atoms with Gasteiger partial charge in [0.15, 0.2) is 5.13 Å². The van der Waals surface area contributed by atoms with E-state index in [-0.39, 0.29) is 11.1 Å². The number of hydrogen-bond donors (Lipinski definition) is 1. The van der Waals surface area contributed by atoms with Crippen LogP contribution >= 0.6 is 22.9 Å². The quantitative estimate of drug-likeness (QED) is 0.734. The third-order valence-corrected chi connectivity index (χ3v) is 3.71. The molecule has 3 aromatic rings. The molecule has 0 amide bonds. The zero-order valence-corrected chi connectivity index (χ0v) is 11.6. The van der Waals surface area contributed by atoms with Crippen LogP contribution in [-0.4, -0.2) is 15.0 Å². The third kappa shape index (κ3) is 2.48. The lowest BCUT2D eigenvalue weighted by Crippen LogP contribution is -1.88. The van der Waals surface area contributed by atoms with Gasteiger partial charge in [0.25, 0.3) is 0 Å². The molecule has 0 saturated carbocycles. The van der Waals surface area contributed by atoms with Crippen molar-refractivity contribution in [1.82, 2.24) is 15.0 Å². The maximum atomic E-state index is 13.0. The first kappa shape index (κ1) is 13.0. The van der Waals surface area contributed by atoms with E-state index in [1.54, 1.807) is 24.4 Å². The van der Waals surface area contributed by atoms with E-state index >= 15 is 0 Å². The molecule has 0 fully saturated rings. The molecule has 0 saturated heterocycles. The zero-order chi connectivity index (χ0) is 14.1. The van der Waals surface area contributed by atoms with Crippen LogP contribution in [0.5, 0.6) is 0 Å². The van der Waals surface area contributed by atoms with E-state index in [0.717, 1.165) is 10.4 Å². The molecule has 20 heavy (non-hydrogen) atoms. The van der Waals surface area contributed by atoms with Gasteiger partial charge in [-0.3, -0.25) is 0 Å². The summed E-state index contributed by atoms with van der Waals surface area (Å²) in [4.78, 5) is 13.1. The first-order chi connectivity index (χ1) is 9.63. The first-order valence-corrected chi connectivity index (χ1v) is 6.84. The van der Waals surface area contributed by atoms with Gasteiger partial charge in [0.1, 0.15) is 5.82 Å². The fraction of sp³-hybridized carbons (Fsp3) is 0. The lowest BCUT2D eigenvalue weighted by Gasteiger charge is -2.02. The Kier molecular flexibility index (Phi) is 3.33. The Bertz CT molecular complexity index is 757. The second-order valence-corrected chi connectivity index (χ2v) is 5.32. The molecule has 0 aliphatic rings. The summed E-state index contributed by atoms with van der Waals surface area (Å²) < 4.78 is 13.0. The molecule has 0 unspecified atom stereocenters. The second-order valence-electron chi connectivity index (χ2n) is 3.95. The maximum absolute atomic E-state index is 13.0. The molecular weight excluding hydrogens is 299 g/mol. The second kappa shape index (κ2) is 5.15. The Hall–Kier alpha value is -2.05. The van der Waals surface area contributed by atoms with Crippen molar-refractivity contribution in [3.8, 4) is 21.8 Å². The van der Waals surface area contributed by atoms with Crippen molar-refractivity contribution in [1.29, 1.82) is 0 Å². The van der Waals surface area contributed by atoms with E-state index in [0.29, 0.717) is 16.5 Å². The average molecular weight is 307 g/mol. The molecule has 0 atom stereocenters. The molecule has 2 aromatic heterocycles. The summed E-state index contributed by atoms with van der Waals surface area (Å²) in [5, 5.41) is 0.564. The number of nitrogen functional groups attached to an aromatic ring is 1. The molecule has 3 rings (SSSR count). The van der Waals surface area contributed by atoms with Gasteiger partial charge in [-0.05, 0) is 41.9 Å². The Morgan fingerprint density at radius 1 is 1.10 bits per heavy atom. The van der Waals surface area contributed by atoms with Gasteiger partial charge in [0.2, 0.25) is 5.28 Å². The summed E-state index contributed by atoms with van der Waals surface area (Å²) in [7, 11) is 0. The molecular formula is C13H8ClFN4S. The predicted octanol–water partition coefficient (Wildman–Crippen LogP) is 3.64. The average Bonchev–Trinajstić information content (AvgIpc) is 2.82. The topological polar surface area (TPSA) is 64.7 Å². The van der Waals surface area contributed by atoms with Gasteiger partial charge in [-0.2, -0.15) is 0 Å². The maximum Gasteiger partial charge on any atom is 0.222 e. The van der Waals surface area contributed by atoms with Crippen LogP contribution in [0.4, 0.5) is 9.52 Å². The molecule has 0 aliphatic heterocycles. The molecule has 2 heterocycles. The minimum absolute atomic E-state index is 0.152. The van der Waals surface area contributed by atoms with E-state index in [1.165, 1.54) is 23.5 Å². The summed E-state index contributed by atoms with van der Waals surface area (Å²) in [5.41, 5.74) is 7.84. The van der Waals surface area contributed by atoms with E-state index in [9.17, 15) is 4.39 Å². The van der Waals surface area contributed by atoms with Crippen molar-refractivity contribution in [2.45, 2.75) is 0 Å². The van der Waals surface area contributed by atoms with Crippen LogP contribution in [0, 0.1) is 5.82 Å². The van der Waals surface area contributed by atoms with Crippen molar-refractivity contribution in [2.75, 3.05) is 5.73 Å². The van der Waals surface area contributed by atoms with Crippen LogP contribution in [0.1, 0.15) is 0 Å². The van der Waals surface area contributed by atoms with E-state index in [4.69, 9.17) is 17.3 Å². The van der Waals surface area contributed by atoms with Crippen LogP contribution in [0.3, 0.4) is 0 Å². The van der Waals surface area contributed by atoms with Gasteiger partial charge in [-0.1, -0.05) is 11.3 Å². The van der Waals surface area contributed by atoms with Crippen molar-refractivity contribution >= 4 is 28.1 Å². The molecule has 4 nitrogen and oxygen atoms in total. The fourth-order valence-corrected chi connectivity index (χ4v) is 2.75. The van der Waals surface area contributed by atoms with Crippen LogP contribution in [0.25, 0.3) is 21.8 Å². The Balaban J connectivity index is 2.15. The molecule has 1 aromatic carbocycles. The third-order valence-electron chi connectivity index (χ3n) is 2.62. The van der Waals surface area contributed by atoms with Gasteiger partial charge in [-0.25, -0.2) is 19.3 Å².